The smallest absolute Gasteiger partial charge is 0.272 e. The molecule has 10 nitrogen and oxygen atoms in total. The van der Waals surface area contributed by atoms with Gasteiger partial charge in [0.25, 0.3) is 5.16 Å². The summed E-state index contributed by atoms with van der Waals surface area (Å²) < 4.78 is 40.1. The van der Waals surface area contributed by atoms with E-state index in [9.17, 15) is 8.42 Å². The molecule has 0 saturated carbocycles. The van der Waals surface area contributed by atoms with Gasteiger partial charge in [-0.05, 0) is 48.1 Å². The van der Waals surface area contributed by atoms with E-state index in [0.717, 1.165) is 47.7 Å². The maximum Gasteiger partial charge on any atom is 0.272 e. The third-order valence-electron chi connectivity index (χ3n) is 7.15. The number of hydrogen-bond donors (Lipinski definition) is 1. The molecule has 0 amide bonds. The van der Waals surface area contributed by atoms with Crippen molar-refractivity contribution in [2.75, 3.05) is 19.0 Å². The van der Waals surface area contributed by atoms with Gasteiger partial charge in [0.2, 0.25) is 27.4 Å². The highest BCUT2D eigenvalue weighted by Gasteiger charge is 2.29. The van der Waals surface area contributed by atoms with Crippen molar-refractivity contribution in [3.05, 3.63) is 77.3 Å². The second-order valence-corrected chi connectivity index (χ2v) is 18.8. The van der Waals surface area contributed by atoms with Crippen molar-refractivity contribution in [2.24, 2.45) is 0 Å². The molecular weight excluding hydrogens is 569 g/mol. The maximum absolute atomic E-state index is 13.7. The van der Waals surface area contributed by atoms with Crippen LogP contribution in [0.1, 0.15) is 17.5 Å². The predicted molar refractivity (Wildman–Crippen MR) is 164 cm³/mol. The fraction of sp³-hybridized carbons (Fsp3) is 0.333. The average Bonchev–Trinajstić information content (AvgIpc) is 3.63. The second-order valence-electron chi connectivity index (χ2n) is 11.3. The van der Waals surface area contributed by atoms with Gasteiger partial charge >= 0.3 is 0 Å². The number of sulfone groups is 1. The van der Waals surface area contributed by atoms with Crippen LogP contribution >= 0.6 is 0 Å². The SMILES string of the molecule is [C-]#[N+]c1ccccc1S(=O)(=O)c1nc(Nc2c(-c3ccnc(OC)c3)ccc3c2CCC3)n(COCC[Si](C)(C)C)n1. The van der Waals surface area contributed by atoms with E-state index >= 15 is 0 Å². The zero-order valence-corrected chi connectivity index (χ0v) is 26.0. The summed E-state index contributed by atoms with van der Waals surface area (Å²) >= 11 is 0. The van der Waals surface area contributed by atoms with E-state index in [2.05, 4.69) is 57.0 Å². The number of rotatable bonds is 11. The normalized spacial score (nSPS) is 13.0. The third-order valence-corrected chi connectivity index (χ3v) is 10.4. The lowest BCUT2D eigenvalue weighted by molar-refractivity contribution is 0.0792. The average molecular weight is 603 g/mol. The van der Waals surface area contributed by atoms with Crippen LogP contribution in [-0.4, -0.2) is 50.0 Å². The van der Waals surface area contributed by atoms with Gasteiger partial charge in [0, 0.05) is 32.5 Å². The Morgan fingerprint density at radius 1 is 1.12 bits per heavy atom. The number of anilines is 2. The van der Waals surface area contributed by atoms with Gasteiger partial charge in [-0.25, -0.2) is 22.9 Å². The van der Waals surface area contributed by atoms with Gasteiger partial charge in [0.05, 0.1) is 24.3 Å². The molecule has 218 valence electrons. The van der Waals surface area contributed by atoms with Gasteiger partial charge in [-0.1, -0.05) is 56.0 Å². The number of pyridine rings is 1. The van der Waals surface area contributed by atoms with E-state index in [1.54, 1.807) is 25.4 Å². The monoisotopic (exact) mass is 602 g/mol. The quantitative estimate of drug-likeness (QED) is 0.121. The summed E-state index contributed by atoms with van der Waals surface area (Å²) in [5.41, 5.74) is 5.05. The van der Waals surface area contributed by atoms with E-state index in [1.807, 2.05) is 12.1 Å². The first-order valence-electron chi connectivity index (χ1n) is 13.8. The molecule has 5 rings (SSSR count). The van der Waals surface area contributed by atoms with Crippen molar-refractivity contribution in [1.82, 2.24) is 19.7 Å². The molecule has 2 aromatic heterocycles. The summed E-state index contributed by atoms with van der Waals surface area (Å²) in [5.74, 6) is 0.731. The Kier molecular flexibility index (Phi) is 8.45. The molecule has 0 bridgehead atoms. The van der Waals surface area contributed by atoms with Crippen LogP contribution in [0, 0.1) is 6.57 Å². The minimum absolute atomic E-state index is 0.0181. The van der Waals surface area contributed by atoms with Crippen molar-refractivity contribution in [1.29, 1.82) is 0 Å². The highest BCUT2D eigenvalue weighted by molar-refractivity contribution is 7.91. The highest BCUT2D eigenvalue weighted by atomic mass is 32.2. The van der Waals surface area contributed by atoms with Gasteiger partial charge in [0.1, 0.15) is 6.73 Å². The summed E-state index contributed by atoms with van der Waals surface area (Å²) in [4.78, 5) is 12.0. The molecule has 0 radical (unpaired) electrons. The number of nitrogens with zero attached hydrogens (tertiary/aromatic N) is 5. The molecule has 0 spiro atoms. The van der Waals surface area contributed by atoms with Crippen molar-refractivity contribution in [3.63, 3.8) is 0 Å². The largest absolute Gasteiger partial charge is 0.481 e. The molecule has 0 saturated heterocycles. The first kappa shape index (κ1) is 29.4. The van der Waals surface area contributed by atoms with Crippen LogP contribution in [0.4, 0.5) is 17.3 Å². The van der Waals surface area contributed by atoms with Gasteiger partial charge in [0.15, 0.2) is 0 Å². The minimum atomic E-state index is -4.18. The van der Waals surface area contributed by atoms with Crippen LogP contribution < -0.4 is 10.1 Å². The lowest BCUT2D eigenvalue weighted by Gasteiger charge is -2.18. The lowest BCUT2D eigenvalue weighted by atomic mass is 9.98. The molecule has 1 aliphatic rings. The summed E-state index contributed by atoms with van der Waals surface area (Å²) in [7, 11) is -3.95. The number of ether oxygens (including phenoxy) is 2. The number of hydrogen-bond acceptors (Lipinski definition) is 8. The molecule has 1 N–H and O–H groups in total. The van der Waals surface area contributed by atoms with E-state index < -0.39 is 23.1 Å². The Bertz CT molecular complexity index is 1760. The standard InChI is InChI=1S/C30H34N6O4SSi/c1-31-25-11-6-7-12-26(25)41(37,38)30-34-29(36(35-30)20-40-17-18-42(3,4)5)33-28-23-10-8-9-21(23)13-14-24(28)22-15-16-32-27(19-22)39-2/h6-7,11-16,19H,8-10,17-18,20H2,2-5H3,(H,33,34,35). The lowest BCUT2D eigenvalue weighted by Crippen LogP contribution is -2.22. The highest BCUT2D eigenvalue weighted by Crippen LogP contribution is 2.40. The van der Waals surface area contributed by atoms with Gasteiger partial charge in [-0.15, -0.1) is 5.10 Å². The molecule has 0 atom stereocenters. The molecule has 1 aliphatic carbocycles. The Morgan fingerprint density at radius 2 is 1.93 bits per heavy atom. The number of nitrogens with one attached hydrogen (secondary N) is 1. The number of benzene rings is 2. The molecular formula is C30H34N6O4SSi. The van der Waals surface area contributed by atoms with E-state index in [0.29, 0.717) is 12.5 Å². The maximum atomic E-state index is 13.7. The Hall–Kier alpha value is -4.05. The molecule has 0 aliphatic heterocycles. The summed E-state index contributed by atoms with van der Waals surface area (Å²) in [5, 5.41) is 7.44. The van der Waals surface area contributed by atoms with E-state index in [-0.39, 0.29) is 23.3 Å². The molecule has 2 aromatic carbocycles. The summed E-state index contributed by atoms with van der Waals surface area (Å²) in [6.07, 6.45) is 4.55. The zero-order valence-electron chi connectivity index (χ0n) is 24.2. The van der Waals surface area contributed by atoms with Crippen molar-refractivity contribution in [3.8, 4) is 17.0 Å². The van der Waals surface area contributed by atoms with Gasteiger partial charge < -0.3 is 14.8 Å². The van der Waals surface area contributed by atoms with Crippen LogP contribution in [0.25, 0.3) is 16.0 Å². The zero-order chi connectivity index (χ0) is 29.9. The Labute approximate surface area is 247 Å². The predicted octanol–water partition coefficient (Wildman–Crippen LogP) is 6.28. The van der Waals surface area contributed by atoms with Gasteiger partial charge in [-0.3, -0.25) is 0 Å². The van der Waals surface area contributed by atoms with Crippen LogP contribution in [0.2, 0.25) is 25.7 Å². The number of aromatic nitrogens is 4. The number of para-hydroxylation sites is 1. The molecule has 2 heterocycles. The van der Waals surface area contributed by atoms with Crippen molar-refractivity contribution < 1.29 is 17.9 Å². The Balaban J connectivity index is 1.59. The van der Waals surface area contributed by atoms with Crippen LogP contribution in [0.5, 0.6) is 5.88 Å². The number of methoxy groups -OCH3 is 1. The van der Waals surface area contributed by atoms with Crippen molar-refractivity contribution in [2.45, 2.75) is 61.7 Å². The molecule has 4 aromatic rings. The van der Waals surface area contributed by atoms with Crippen LogP contribution in [0.15, 0.2) is 64.8 Å². The van der Waals surface area contributed by atoms with Gasteiger partial charge in [-0.2, -0.15) is 4.98 Å². The second kappa shape index (κ2) is 12.0. The third kappa shape index (κ3) is 6.23. The summed E-state index contributed by atoms with van der Waals surface area (Å²) in [6, 6.07) is 15.0. The van der Waals surface area contributed by atoms with Crippen LogP contribution in [0.3, 0.4) is 0 Å². The fourth-order valence-corrected chi connectivity index (χ4v) is 6.89. The van der Waals surface area contributed by atoms with E-state index in [4.69, 9.17) is 16.0 Å². The number of fused-ring (bicyclic) bond motifs is 1. The first-order chi connectivity index (χ1) is 20.1. The Morgan fingerprint density at radius 3 is 2.69 bits per heavy atom. The topological polar surface area (TPSA) is 113 Å². The molecule has 0 fully saturated rings. The number of aryl methyl sites for hydroxylation is 1. The molecule has 12 heteroatoms. The van der Waals surface area contributed by atoms with E-state index in [1.165, 1.54) is 22.4 Å². The molecule has 42 heavy (non-hydrogen) atoms. The summed E-state index contributed by atoms with van der Waals surface area (Å²) in [6.45, 7) is 14.8. The first-order valence-corrected chi connectivity index (χ1v) is 19.0. The van der Waals surface area contributed by atoms with Crippen LogP contribution in [-0.2, 0) is 34.1 Å². The molecule has 0 unspecified atom stereocenters. The fourth-order valence-electron chi connectivity index (χ4n) is 4.87. The minimum Gasteiger partial charge on any atom is -0.481 e. The van der Waals surface area contributed by atoms with Crippen molar-refractivity contribution >= 4 is 35.2 Å².